The smallest absolute Gasteiger partial charge is 0.243 e. The molecule has 27 heavy (non-hydrogen) atoms. The Kier molecular flexibility index (Phi) is 5.20. The van der Waals surface area contributed by atoms with Crippen molar-refractivity contribution in [2.45, 2.75) is 4.90 Å². The van der Waals surface area contributed by atoms with Gasteiger partial charge in [-0.3, -0.25) is 4.90 Å². The van der Waals surface area contributed by atoms with E-state index in [0.717, 1.165) is 12.3 Å². The summed E-state index contributed by atoms with van der Waals surface area (Å²) in [5.41, 5.74) is 0. The molecule has 8 heteroatoms. The van der Waals surface area contributed by atoms with E-state index in [1.165, 1.54) is 10.4 Å². The Morgan fingerprint density at radius 1 is 0.926 bits per heavy atom. The molecule has 0 bridgehead atoms. The molecule has 0 aromatic heterocycles. The lowest BCUT2D eigenvalue weighted by atomic mass is 10.3. The van der Waals surface area contributed by atoms with Crippen molar-refractivity contribution in [2.75, 3.05) is 46.1 Å². The summed E-state index contributed by atoms with van der Waals surface area (Å²) in [5, 5.41) is 0. The second-order valence-electron chi connectivity index (χ2n) is 6.42. The summed E-state index contributed by atoms with van der Waals surface area (Å²) in [7, 11) is -3.53. The standard InChI is InChI=1S/C19H22N2O5S/c22-27(23,17-6-7-18-19(14-17)26-15-25-18)21-10-8-20(9-11-21)12-13-24-16-4-2-1-3-5-16/h1-7,14H,8-13,15H2. The van der Waals surface area contributed by atoms with Crippen molar-refractivity contribution in [3.05, 3.63) is 48.5 Å². The first-order valence-corrected chi connectivity index (χ1v) is 10.4. The summed E-state index contributed by atoms with van der Waals surface area (Å²) in [6.45, 7) is 3.77. The van der Waals surface area contributed by atoms with Gasteiger partial charge in [-0.15, -0.1) is 0 Å². The van der Waals surface area contributed by atoms with E-state index in [9.17, 15) is 8.42 Å². The fourth-order valence-electron chi connectivity index (χ4n) is 3.19. The predicted molar refractivity (Wildman–Crippen MR) is 99.7 cm³/mol. The molecular formula is C19H22N2O5S. The van der Waals surface area contributed by atoms with Crippen LogP contribution in [0.2, 0.25) is 0 Å². The van der Waals surface area contributed by atoms with Gasteiger partial charge in [0.05, 0.1) is 4.90 Å². The molecule has 1 fully saturated rings. The van der Waals surface area contributed by atoms with Gasteiger partial charge in [-0.2, -0.15) is 4.31 Å². The molecule has 0 unspecified atom stereocenters. The van der Waals surface area contributed by atoms with Crippen LogP contribution in [0.1, 0.15) is 0 Å². The number of sulfonamides is 1. The third-order valence-corrected chi connectivity index (χ3v) is 6.63. The molecule has 2 aliphatic heterocycles. The van der Waals surface area contributed by atoms with Gasteiger partial charge in [0.2, 0.25) is 16.8 Å². The largest absolute Gasteiger partial charge is 0.492 e. The van der Waals surface area contributed by atoms with Crippen molar-refractivity contribution in [3.8, 4) is 17.2 Å². The number of hydrogen-bond acceptors (Lipinski definition) is 6. The predicted octanol–water partition coefficient (Wildman–Crippen LogP) is 1.80. The lowest BCUT2D eigenvalue weighted by Gasteiger charge is -2.33. The number of nitrogens with zero attached hydrogens (tertiary/aromatic N) is 2. The van der Waals surface area contributed by atoms with E-state index in [2.05, 4.69) is 4.90 Å². The molecule has 0 aliphatic carbocycles. The molecule has 1 saturated heterocycles. The molecule has 2 aliphatic rings. The monoisotopic (exact) mass is 390 g/mol. The highest BCUT2D eigenvalue weighted by Crippen LogP contribution is 2.34. The van der Waals surface area contributed by atoms with Crippen LogP contribution in [0.3, 0.4) is 0 Å². The van der Waals surface area contributed by atoms with Crippen LogP contribution >= 0.6 is 0 Å². The number of benzene rings is 2. The average Bonchev–Trinajstić information content (AvgIpc) is 3.17. The fraction of sp³-hybridized carbons (Fsp3) is 0.368. The Hall–Kier alpha value is -2.29. The van der Waals surface area contributed by atoms with Gasteiger partial charge < -0.3 is 14.2 Å². The van der Waals surface area contributed by atoms with Gasteiger partial charge in [0.15, 0.2) is 11.5 Å². The number of piperazine rings is 1. The molecule has 2 heterocycles. The van der Waals surface area contributed by atoms with Crippen molar-refractivity contribution in [1.29, 1.82) is 0 Å². The number of hydrogen-bond donors (Lipinski definition) is 0. The first-order valence-electron chi connectivity index (χ1n) is 8.93. The molecule has 2 aromatic rings. The zero-order chi connectivity index (χ0) is 18.7. The Balaban J connectivity index is 1.30. The minimum Gasteiger partial charge on any atom is -0.492 e. The van der Waals surface area contributed by atoms with E-state index < -0.39 is 10.0 Å². The van der Waals surface area contributed by atoms with Crippen LogP contribution in [0, 0.1) is 0 Å². The van der Waals surface area contributed by atoms with Crippen molar-refractivity contribution < 1.29 is 22.6 Å². The highest BCUT2D eigenvalue weighted by atomic mass is 32.2. The fourth-order valence-corrected chi connectivity index (χ4v) is 4.63. The molecular weight excluding hydrogens is 368 g/mol. The minimum absolute atomic E-state index is 0.128. The molecule has 4 rings (SSSR count). The minimum atomic E-state index is -3.53. The molecule has 0 radical (unpaired) electrons. The SMILES string of the molecule is O=S(=O)(c1ccc2c(c1)OCO2)N1CCN(CCOc2ccccc2)CC1. The molecule has 0 atom stereocenters. The lowest BCUT2D eigenvalue weighted by molar-refractivity contribution is 0.159. The van der Waals surface area contributed by atoms with Crippen LogP contribution in [0.5, 0.6) is 17.2 Å². The summed E-state index contributed by atoms with van der Waals surface area (Å²) in [4.78, 5) is 2.46. The van der Waals surface area contributed by atoms with Crippen LogP contribution in [0.4, 0.5) is 0 Å². The maximum absolute atomic E-state index is 12.9. The van der Waals surface area contributed by atoms with Gasteiger partial charge >= 0.3 is 0 Å². The van der Waals surface area contributed by atoms with Crippen molar-refractivity contribution >= 4 is 10.0 Å². The second kappa shape index (κ2) is 7.75. The van der Waals surface area contributed by atoms with E-state index in [1.807, 2.05) is 30.3 Å². The Morgan fingerprint density at radius 2 is 1.67 bits per heavy atom. The number of rotatable bonds is 6. The highest BCUT2D eigenvalue weighted by Gasteiger charge is 2.29. The molecule has 7 nitrogen and oxygen atoms in total. The molecule has 0 saturated carbocycles. The third kappa shape index (κ3) is 4.02. The van der Waals surface area contributed by atoms with Gasteiger partial charge in [-0.25, -0.2) is 8.42 Å². The van der Waals surface area contributed by atoms with Crippen LogP contribution in [-0.4, -0.2) is 63.7 Å². The summed E-state index contributed by atoms with van der Waals surface area (Å²) < 4.78 is 43.5. The average molecular weight is 390 g/mol. The Morgan fingerprint density at radius 3 is 2.44 bits per heavy atom. The zero-order valence-electron chi connectivity index (χ0n) is 14.9. The summed E-state index contributed by atoms with van der Waals surface area (Å²) in [5.74, 6) is 1.91. The Labute approximate surface area is 159 Å². The highest BCUT2D eigenvalue weighted by molar-refractivity contribution is 7.89. The van der Waals surface area contributed by atoms with E-state index in [-0.39, 0.29) is 11.7 Å². The van der Waals surface area contributed by atoms with E-state index >= 15 is 0 Å². The Bertz CT molecular complexity index is 880. The molecule has 0 spiro atoms. The molecule has 0 N–H and O–H groups in total. The topological polar surface area (TPSA) is 68.3 Å². The molecule has 0 amide bonds. The second-order valence-corrected chi connectivity index (χ2v) is 8.36. The van der Waals surface area contributed by atoms with E-state index in [0.29, 0.717) is 44.3 Å². The van der Waals surface area contributed by atoms with Crippen LogP contribution < -0.4 is 14.2 Å². The molecule has 144 valence electrons. The first kappa shape index (κ1) is 18.1. The van der Waals surface area contributed by atoms with E-state index in [4.69, 9.17) is 14.2 Å². The number of para-hydroxylation sites is 1. The lowest BCUT2D eigenvalue weighted by Crippen LogP contribution is -2.49. The van der Waals surface area contributed by atoms with Gasteiger partial charge in [-0.1, -0.05) is 18.2 Å². The van der Waals surface area contributed by atoms with Crippen molar-refractivity contribution in [1.82, 2.24) is 9.21 Å². The summed E-state index contributed by atoms with van der Waals surface area (Å²) >= 11 is 0. The summed E-state index contributed by atoms with van der Waals surface area (Å²) in [6, 6.07) is 14.4. The van der Waals surface area contributed by atoms with Gasteiger partial charge in [0, 0.05) is 38.8 Å². The van der Waals surface area contributed by atoms with Crippen molar-refractivity contribution in [3.63, 3.8) is 0 Å². The third-order valence-electron chi connectivity index (χ3n) is 4.73. The van der Waals surface area contributed by atoms with Crippen LogP contribution in [0.25, 0.3) is 0 Å². The van der Waals surface area contributed by atoms with Gasteiger partial charge in [-0.05, 0) is 24.3 Å². The van der Waals surface area contributed by atoms with Crippen LogP contribution in [-0.2, 0) is 10.0 Å². The number of ether oxygens (including phenoxy) is 3. The van der Waals surface area contributed by atoms with Gasteiger partial charge in [0.1, 0.15) is 12.4 Å². The van der Waals surface area contributed by atoms with Gasteiger partial charge in [0.25, 0.3) is 0 Å². The quantitative estimate of drug-likeness (QED) is 0.749. The number of fused-ring (bicyclic) bond motifs is 1. The molecule has 2 aromatic carbocycles. The maximum Gasteiger partial charge on any atom is 0.243 e. The normalized spacial score (nSPS) is 17.8. The van der Waals surface area contributed by atoms with E-state index in [1.54, 1.807) is 12.1 Å². The summed E-state index contributed by atoms with van der Waals surface area (Å²) in [6.07, 6.45) is 0. The zero-order valence-corrected chi connectivity index (χ0v) is 15.7. The van der Waals surface area contributed by atoms with Crippen molar-refractivity contribution in [2.24, 2.45) is 0 Å². The van der Waals surface area contributed by atoms with Crippen LogP contribution in [0.15, 0.2) is 53.4 Å². The maximum atomic E-state index is 12.9. The first-order chi connectivity index (χ1) is 13.1.